The van der Waals surface area contributed by atoms with Crippen LogP contribution in [0.25, 0.3) is 0 Å². The zero-order valence-electron chi connectivity index (χ0n) is 13.1. The van der Waals surface area contributed by atoms with E-state index in [1.165, 1.54) is 15.6 Å². The van der Waals surface area contributed by atoms with Crippen LogP contribution < -0.4 is 5.32 Å². The average Bonchev–Trinajstić information content (AvgIpc) is 2.93. The van der Waals surface area contributed by atoms with Crippen molar-refractivity contribution >= 4 is 21.4 Å². The minimum Gasteiger partial charge on any atom is -0.380 e. The lowest BCUT2D eigenvalue weighted by Gasteiger charge is -2.19. The molecule has 7 heteroatoms. The summed E-state index contributed by atoms with van der Waals surface area (Å²) < 4.78 is 32.3. The van der Waals surface area contributed by atoms with Crippen LogP contribution in [0.3, 0.4) is 0 Å². The number of likely N-dealkylation sites (N-methyl/N-ethyl adjacent to an activating group) is 2. The van der Waals surface area contributed by atoms with Crippen LogP contribution in [0.2, 0.25) is 0 Å². The molecule has 0 aliphatic heterocycles. The van der Waals surface area contributed by atoms with Crippen LogP contribution in [-0.4, -0.2) is 52.1 Å². The van der Waals surface area contributed by atoms with Crippen LogP contribution in [-0.2, 0) is 21.2 Å². The molecule has 0 bridgehead atoms. The van der Waals surface area contributed by atoms with E-state index in [2.05, 4.69) is 12.2 Å². The minimum atomic E-state index is -3.39. The summed E-state index contributed by atoms with van der Waals surface area (Å²) in [5, 5.41) is 3.24. The summed E-state index contributed by atoms with van der Waals surface area (Å²) in [5.41, 5.74) is 0. The summed E-state index contributed by atoms with van der Waals surface area (Å²) >= 11 is 1.36. The number of nitrogens with zero attached hydrogens (tertiary/aromatic N) is 1. The van der Waals surface area contributed by atoms with E-state index >= 15 is 0 Å². The van der Waals surface area contributed by atoms with E-state index in [0.717, 1.165) is 24.4 Å². The van der Waals surface area contributed by atoms with Gasteiger partial charge in [0, 0.05) is 24.6 Å². The number of thiophene rings is 1. The van der Waals surface area contributed by atoms with Gasteiger partial charge in [-0.05, 0) is 38.6 Å². The summed E-state index contributed by atoms with van der Waals surface area (Å²) in [4.78, 5) is 1.09. The van der Waals surface area contributed by atoms with Crippen molar-refractivity contribution in [2.24, 2.45) is 0 Å². The van der Waals surface area contributed by atoms with Crippen molar-refractivity contribution in [3.63, 3.8) is 0 Å². The van der Waals surface area contributed by atoms with Crippen molar-refractivity contribution < 1.29 is 13.2 Å². The summed E-state index contributed by atoms with van der Waals surface area (Å²) in [7, 11) is -3.39. The highest BCUT2D eigenvalue weighted by molar-refractivity contribution is 7.91. The van der Waals surface area contributed by atoms with Gasteiger partial charge in [0.25, 0.3) is 10.0 Å². The molecule has 0 radical (unpaired) electrons. The number of rotatable bonds is 11. The maximum atomic E-state index is 12.6. The molecule has 1 aromatic heterocycles. The second-order valence-corrected chi connectivity index (χ2v) is 7.85. The fourth-order valence-electron chi connectivity index (χ4n) is 1.91. The van der Waals surface area contributed by atoms with Gasteiger partial charge in [0.2, 0.25) is 0 Å². The Morgan fingerprint density at radius 2 is 2.05 bits per heavy atom. The van der Waals surface area contributed by atoms with Gasteiger partial charge in [0.1, 0.15) is 4.21 Å². The van der Waals surface area contributed by atoms with Gasteiger partial charge >= 0.3 is 0 Å². The van der Waals surface area contributed by atoms with Gasteiger partial charge in [-0.1, -0.05) is 13.8 Å². The average molecular weight is 335 g/mol. The van der Waals surface area contributed by atoms with Crippen LogP contribution in [0.15, 0.2) is 16.3 Å². The lowest BCUT2D eigenvalue weighted by molar-refractivity contribution is 0.135. The second kappa shape index (κ2) is 9.53. The van der Waals surface area contributed by atoms with E-state index in [4.69, 9.17) is 4.74 Å². The minimum absolute atomic E-state index is 0.400. The van der Waals surface area contributed by atoms with Crippen LogP contribution in [0, 0.1) is 0 Å². The summed E-state index contributed by atoms with van der Waals surface area (Å²) in [6.07, 6.45) is 0.860. The summed E-state index contributed by atoms with van der Waals surface area (Å²) in [6, 6.07) is 3.62. The molecule has 0 unspecified atom stereocenters. The Balaban J connectivity index is 2.71. The molecule has 0 spiro atoms. The van der Waals surface area contributed by atoms with Gasteiger partial charge in [-0.15, -0.1) is 11.3 Å². The predicted octanol–water partition coefficient (Wildman–Crippen LogP) is 1.95. The van der Waals surface area contributed by atoms with Gasteiger partial charge in [0.15, 0.2) is 0 Å². The fraction of sp³-hybridized carbons (Fsp3) is 0.714. The van der Waals surface area contributed by atoms with Crippen LogP contribution >= 0.6 is 11.3 Å². The normalized spacial score (nSPS) is 12.2. The molecule has 21 heavy (non-hydrogen) atoms. The lowest BCUT2D eigenvalue weighted by Crippen LogP contribution is -2.33. The number of nitrogens with one attached hydrogen (secondary N) is 1. The molecule has 0 saturated heterocycles. The fourth-order valence-corrected chi connectivity index (χ4v) is 4.85. The molecule has 1 aromatic rings. The first-order valence-electron chi connectivity index (χ1n) is 7.43. The number of ether oxygens (including phenoxy) is 1. The molecule has 0 saturated carbocycles. The van der Waals surface area contributed by atoms with E-state index in [9.17, 15) is 8.42 Å². The molecule has 0 aliphatic rings. The highest BCUT2D eigenvalue weighted by Gasteiger charge is 2.24. The number of sulfonamides is 1. The van der Waals surface area contributed by atoms with Crippen LogP contribution in [0.5, 0.6) is 0 Å². The Labute approximate surface area is 132 Å². The third-order valence-electron chi connectivity index (χ3n) is 3.07. The highest BCUT2D eigenvalue weighted by atomic mass is 32.2. The molecule has 1 rings (SSSR count). The monoisotopic (exact) mass is 334 g/mol. The standard InChI is InChI=1S/C14H26N2O3S2/c1-4-15-10-9-13-7-8-14(20-13)21(17,18)16(5-2)11-12-19-6-3/h7-8,15H,4-6,9-12H2,1-3H3. The van der Waals surface area contributed by atoms with Crippen molar-refractivity contribution in [1.29, 1.82) is 0 Å². The largest absolute Gasteiger partial charge is 0.380 e. The Hall–Kier alpha value is -0.470. The van der Waals surface area contributed by atoms with Crippen molar-refractivity contribution in [2.45, 2.75) is 31.4 Å². The molecule has 122 valence electrons. The molecule has 5 nitrogen and oxygen atoms in total. The molecule has 0 fully saturated rings. The SMILES string of the molecule is CCNCCc1ccc(S(=O)(=O)N(CC)CCOCC)s1. The third-order valence-corrected chi connectivity index (χ3v) is 6.66. The molecular formula is C14H26N2O3S2. The zero-order chi connectivity index (χ0) is 15.7. The molecule has 1 heterocycles. The molecule has 1 N–H and O–H groups in total. The third kappa shape index (κ3) is 5.67. The van der Waals surface area contributed by atoms with E-state index in [0.29, 0.717) is 30.5 Å². The van der Waals surface area contributed by atoms with Gasteiger partial charge in [-0.3, -0.25) is 0 Å². The smallest absolute Gasteiger partial charge is 0.252 e. The Morgan fingerprint density at radius 3 is 2.67 bits per heavy atom. The summed E-state index contributed by atoms with van der Waals surface area (Å²) in [6.45, 7) is 9.51. The Kier molecular flexibility index (Phi) is 8.43. The van der Waals surface area contributed by atoms with Crippen molar-refractivity contribution in [3.8, 4) is 0 Å². The van der Waals surface area contributed by atoms with E-state index in [-0.39, 0.29) is 0 Å². The summed E-state index contributed by atoms with van der Waals surface area (Å²) in [5.74, 6) is 0. The predicted molar refractivity (Wildman–Crippen MR) is 87.5 cm³/mol. The molecule has 0 atom stereocenters. The highest BCUT2D eigenvalue weighted by Crippen LogP contribution is 2.25. The number of hydrogen-bond acceptors (Lipinski definition) is 5. The zero-order valence-corrected chi connectivity index (χ0v) is 14.7. The quantitative estimate of drug-likeness (QED) is 0.628. The first-order chi connectivity index (χ1) is 10.1. The Morgan fingerprint density at radius 1 is 1.29 bits per heavy atom. The van der Waals surface area contributed by atoms with E-state index in [1.807, 2.05) is 19.9 Å². The van der Waals surface area contributed by atoms with Gasteiger partial charge < -0.3 is 10.1 Å². The maximum absolute atomic E-state index is 12.6. The Bertz CT molecular complexity index is 500. The van der Waals surface area contributed by atoms with Gasteiger partial charge in [-0.2, -0.15) is 4.31 Å². The molecular weight excluding hydrogens is 308 g/mol. The van der Waals surface area contributed by atoms with E-state index in [1.54, 1.807) is 6.07 Å². The van der Waals surface area contributed by atoms with Crippen LogP contribution in [0.4, 0.5) is 0 Å². The molecule has 0 aromatic carbocycles. The first kappa shape index (κ1) is 18.6. The first-order valence-corrected chi connectivity index (χ1v) is 9.69. The van der Waals surface area contributed by atoms with E-state index < -0.39 is 10.0 Å². The lowest BCUT2D eigenvalue weighted by atomic mass is 10.3. The maximum Gasteiger partial charge on any atom is 0.252 e. The van der Waals surface area contributed by atoms with Gasteiger partial charge in [0.05, 0.1) is 6.61 Å². The second-order valence-electron chi connectivity index (χ2n) is 4.52. The molecule has 0 aliphatic carbocycles. The topological polar surface area (TPSA) is 58.6 Å². The van der Waals surface area contributed by atoms with Crippen molar-refractivity contribution in [1.82, 2.24) is 9.62 Å². The van der Waals surface area contributed by atoms with Crippen molar-refractivity contribution in [3.05, 3.63) is 17.0 Å². The molecule has 0 amide bonds. The van der Waals surface area contributed by atoms with Gasteiger partial charge in [-0.25, -0.2) is 8.42 Å². The number of hydrogen-bond donors (Lipinski definition) is 1. The van der Waals surface area contributed by atoms with Crippen molar-refractivity contribution in [2.75, 3.05) is 39.4 Å². The van der Waals surface area contributed by atoms with Crippen LogP contribution in [0.1, 0.15) is 25.6 Å².